The lowest BCUT2D eigenvalue weighted by atomic mass is 10.00. The number of hydrogen-bond acceptors (Lipinski definition) is 4. The zero-order valence-electron chi connectivity index (χ0n) is 18.8. The highest BCUT2D eigenvalue weighted by molar-refractivity contribution is 5.73. The van der Waals surface area contributed by atoms with Crippen LogP contribution in [0.15, 0.2) is 48.5 Å². The number of anilines is 1. The molecular weight excluding hydrogens is 386 g/mol. The summed E-state index contributed by atoms with van der Waals surface area (Å²) in [4.78, 5) is 19.7. The van der Waals surface area contributed by atoms with Gasteiger partial charge >= 0.3 is 6.03 Å². The van der Waals surface area contributed by atoms with E-state index in [0.717, 1.165) is 45.6 Å². The second-order valence-electron chi connectivity index (χ2n) is 8.79. The van der Waals surface area contributed by atoms with E-state index in [1.165, 1.54) is 22.4 Å². The van der Waals surface area contributed by atoms with E-state index in [1.54, 1.807) is 0 Å². The van der Waals surface area contributed by atoms with Gasteiger partial charge in [0.15, 0.2) is 0 Å². The van der Waals surface area contributed by atoms with Crippen LogP contribution in [-0.2, 0) is 12.8 Å². The van der Waals surface area contributed by atoms with Gasteiger partial charge in [-0.2, -0.15) is 0 Å². The molecular formula is C25H35N5O. The normalized spacial score (nSPS) is 17.9. The van der Waals surface area contributed by atoms with Crippen molar-refractivity contribution in [1.29, 1.82) is 0 Å². The number of likely N-dealkylation sites (N-methyl/N-ethyl adjacent to an activating group) is 2. The number of carbonyl (C=O) groups is 1. The molecule has 6 nitrogen and oxygen atoms in total. The number of nitrogens with zero attached hydrogens (tertiary/aromatic N) is 3. The zero-order valence-corrected chi connectivity index (χ0v) is 18.8. The fraction of sp³-hybridized carbons (Fsp3) is 0.480. The van der Waals surface area contributed by atoms with Gasteiger partial charge in [0, 0.05) is 58.5 Å². The van der Waals surface area contributed by atoms with E-state index in [2.05, 4.69) is 69.8 Å². The number of benzene rings is 2. The third-order valence-electron chi connectivity index (χ3n) is 6.59. The minimum Gasteiger partial charge on any atom is -0.374 e. The molecule has 0 unspecified atom stereocenters. The Balaban J connectivity index is 1.37. The minimum absolute atomic E-state index is 0.0871. The molecule has 31 heavy (non-hydrogen) atoms. The van der Waals surface area contributed by atoms with Gasteiger partial charge in [0.2, 0.25) is 0 Å². The molecule has 2 amide bonds. The molecule has 0 aliphatic carbocycles. The van der Waals surface area contributed by atoms with Crippen LogP contribution < -0.4 is 15.5 Å². The van der Waals surface area contributed by atoms with Crippen molar-refractivity contribution in [2.24, 2.45) is 0 Å². The topological polar surface area (TPSA) is 50.9 Å². The maximum atomic E-state index is 12.5. The van der Waals surface area contributed by atoms with Crippen LogP contribution in [0.3, 0.4) is 0 Å². The zero-order chi connectivity index (χ0) is 21.6. The van der Waals surface area contributed by atoms with E-state index in [1.807, 2.05) is 18.2 Å². The number of rotatable bonds is 7. The largest absolute Gasteiger partial charge is 0.374 e. The van der Waals surface area contributed by atoms with E-state index in [9.17, 15) is 4.79 Å². The first-order valence-electron chi connectivity index (χ1n) is 11.4. The summed E-state index contributed by atoms with van der Waals surface area (Å²) < 4.78 is 0. The Bertz CT molecular complexity index is 863. The highest BCUT2D eigenvalue weighted by Crippen LogP contribution is 2.31. The molecule has 4 rings (SSSR count). The summed E-state index contributed by atoms with van der Waals surface area (Å²) in [5.41, 5.74) is 5.31. The molecule has 0 bridgehead atoms. The highest BCUT2D eigenvalue weighted by atomic mass is 16.2. The van der Waals surface area contributed by atoms with Crippen LogP contribution >= 0.6 is 0 Å². The summed E-state index contributed by atoms with van der Waals surface area (Å²) in [5, 5.41) is 6.15. The molecule has 2 aliphatic rings. The first-order chi connectivity index (χ1) is 15.1. The number of nitrogens with one attached hydrogen (secondary N) is 2. The van der Waals surface area contributed by atoms with Crippen LogP contribution in [0.25, 0.3) is 0 Å². The number of piperazine rings is 1. The number of carbonyl (C=O) groups excluding carboxylic acids is 1. The Kier molecular flexibility index (Phi) is 7.10. The Hall–Kier alpha value is -2.57. The standard InChI is InChI=1S/C25H35N5O/c1-28-14-16-30(17-15-28)24(21-8-9-23-22(18-21)11-13-29(23)2)19-27-25(31)26-12-10-20-6-4-3-5-7-20/h3-9,18,24H,10-17,19H2,1-2H3,(H2,26,27,31)/t24-/m1/s1. The van der Waals surface area contributed by atoms with Gasteiger partial charge in [-0.05, 0) is 42.6 Å². The minimum atomic E-state index is -0.0871. The number of fused-ring (bicyclic) bond motifs is 1. The molecule has 2 aromatic rings. The van der Waals surface area contributed by atoms with Gasteiger partial charge in [-0.25, -0.2) is 4.79 Å². The molecule has 0 saturated carbocycles. The summed E-state index contributed by atoms with van der Waals surface area (Å²) in [5.74, 6) is 0. The molecule has 1 atom stereocenters. The van der Waals surface area contributed by atoms with Crippen molar-refractivity contribution in [2.75, 3.05) is 64.8 Å². The van der Waals surface area contributed by atoms with Crippen molar-refractivity contribution < 1.29 is 4.79 Å². The molecule has 2 aliphatic heterocycles. The third-order valence-corrected chi connectivity index (χ3v) is 6.59. The van der Waals surface area contributed by atoms with Gasteiger partial charge in [0.1, 0.15) is 0 Å². The maximum Gasteiger partial charge on any atom is 0.314 e. The maximum absolute atomic E-state index is 12.5. The van der Waals surface area contributed by atoms with Crippen LogP contribution in [0.1, 0.15) is 22.7 Å². The molecule has 0 aromatic heterocycles. The molecule has 0 spiro atoms. The predicted octanol–water partition coefficient (Wildman–Crippen LogP) is 2.51. The average molecular weight is 422 g/mol. The summed E-state index contributed by atoms with van der Waals surface area (Å²) >= 11 is 0. The predicted molar refractivity (Wildman–Crippen MR) is 127 cm³/mol. The Labute approximate surface area is 186 Å². The molecule has 1 saturated heterocycles. The average Bonchev–Trinajstić information content (AvgIpc) is 3.16. The number of amides is 2. The third kappa shape index (κ3) is 5.57. The summed E-state index contributed by atoms with van der Waals surface area (Å²) in [6.07, 6.45) is 1.94. The number of hydrogen-bond donors (Lipinski definition) is 2. The van der Waals surface area contributed by atoms with Crippen LogP contribution in [0.4, 0.5) is 10.5 Å². The molecule has 2 heterocycles. The SMILES string of the molecule is CN1CCN([C@H](CNC(=O)NCCc2ccccc2)c2ccc3c(c2)CCN3C)CC1. The fourth-order valence-corrected chi connectivity index (χ4v) is 4.60. The van der Waals surface area contributed by atoms with E-state index >= 15 is 0 Å². The summed E-state index contributed by atoms with van der Waals surface area (Å²) in [6, 6.07) is 17.2. The van der Waals surface area contributed by atoms with Gasteiger partial charge in [-0.15, -0.1) is 0 Å². The fourth-order valence-electron chi connectivity index (χ4n) is 4.60. The Morgan fingerprint density at radius 2 is 1.74 bits per heavy atom. The van der Waals surface area contributed by atoms with Gasteiger partial charge < -0.3 is 20.4 Å². The van der Waals surface area contributed by atoms with E-state index in [-0.39, 0.29) is 12.1 Å². The van der Waals surface area contributed by atoms with Crippen LogP contribution in [0, 0.1) is 0 Å². The van der Waals surface area contributed by atoms with Crippen LogP contribution in [0.5, 0.6) is 0 Å². The second-order valence-corrected chi connectivity index (χ2v) is 8.79. The Morgan fingerprint density at radius 3 is 2.52 bits per heavy atom. The van der Waals surface area contributed by atoms with Gasteiger partial charge in [-0.3, -0.25) is 4.90 Å². The lowest BCUT2D eigenvalue weighted by Gasteiger charge is -2.38. The van der Waals surface area contributed by atoms with Gasteiger partial charge in [-0.1, -0.05) is 42.5 Å². The van der Waals surface area contributed by atoms with Gasteiger partial charge in [0.05, 0.1) is 6.04 Å². The molecule has 6 heteroatoms. The summed E-state index contributed by atoms with van der Waals surface area (Å²) in [7, 11) is 4.33. The van der Waals surface area contributed by atoms with Crippen LogP contribution in [-0.4, -0.2) is 75.7 Å². The van der Waals surface area contributed by atoms with Crippen molar-refractivity contribution >= 4 is 11.7 Å². The first kappa shape index (κ1) is 21.7. The van der Waals surface area contributed by atoms with Crippen molar-refractivity contribution in [3.8, 4) is 0 Å². The number of urea groups is 1. The van der Waals surface area contributed by atoms with Crippen molar-refractivity contribution in [3.05, 3.63) is 65.2 Å². The van der Waals surface area contributed by atoms with Crippen molar-refractivity contribution in [3.63, 3.8) is 0 Å². The van der Waals surface area contributed by atoms with E-state index < -0.39 is 0 Å². The quantitative estimate of drug-likeness (QED) is 0.721. The molecule has 1 fully saturated rings. The molecule has 2 aromatic carbocycles. The van der Waals surface area contributed by atoms with E-state index in [4.69, 9.17) is 0 Å². The molecule has 0 radical (unpaired) electrons. The van der Waals surface area contributed by atoms with Crippen molar-refractivity contribution in [1.82, 2.24) is 20.4 Å². The summed E-state index contributed by atoms with van der Waals surface area (Å²) in [6.45, 7) is 6.52. The first-order valence-corrected chi connectivity index (χ1v) is 11.4. The Morgan fingerprint density at radius 1 is 0.968 bits per heavy atom. The lowest BCUT2D eigenvalue weighted by Crippen LogP contribution is -2.49. The highest BCUT2D eigenvalue weighted by Gasteiger charge is 2.26. The van der Waals surface area contributed by atoms with E-state index in [0.29, 0.717) is 13.1 Å². The smallest absolute Gasteiger partial charge is 0.314 e. The van der Waals surface area contributed by atoms with Gasteiger partial charge in [0.25, 0.3) is 0 Å². The van der Waals surface area contributed by atoms with Crippen molar-refractivity contribution in [2.45, 2.75) is 18.9 Å². The monoisotopic (exact) mass is 421 g/mol. The second kappa shape index (κ2) is 10.2. The van der Waals surface area contributed by atoms with Crippen LogP contribution in [0.2, 0.25) is 0 Å². The molecule has 2 N–H and O–H groups in total. The molecule has 166 valence electrons. The lowest BCUT2D eigenvalue weighted by molar-refractivity contribution is 0.111.